The summed E-state index contributed by atoms with van der Waals surface area (Å²) in [4.78, 5) is 17.0. The van der Waals surface area contributed by atoms with Crippen LogP contribution in [-0.2, 0) is 16.8 Å². The highest BCUT2D eigenvalue weighted by Gasteiger charge is 2.51. The van der Waals surface area contributed by atoms with Gasteiger partial charge in [0.1, 0.15) is 18.2 Å². The number of carbonyl (C=O) groups is 1. The van der Waals surface area contributed by atoms with Gasteiger partial charge >= 0.3 is 0 Å². The van der Waals surface area contributed by atoms with Crippen LogP contribution in [-0.4, -0.2) is 10.9 Å². The van der Waals surface area contributed by atoms with E-state index < -0.39 is 5.41 Å². The van der Waals surface area contributed by atoms with Gasteiger partial charge in [-0.3, -0.25) is 9.78 Å². The maximum atomic E-state index is 13.2. The summed E-state index contributed by atoms with van der Waals surface area (Å²) < 4.78 is 19.0. The minimum absolute atomic E-state index is 0.00601. The van der Waals surface area contributed by atoms with Gasteiger partial charge in [0, 0.05) is 18.0 Å². The molecule has 1 N–H and O–H groups in total. The van der Waals surface area contributed by atoms with Crippen LogP contribution in [0.4, 0.5) is 4.39 Å². The summed E-state index contributed by atoms with van der Waals surface area (Å²) in [5.41, 5.74) is 2.37. The Balaban J connectivity index is 1.36. The molecule has 1 heterocycles. The van der Waals surface area contributed by atoms with Gasteiger partial charge in [0.2, 0.25) is 5.91 Å². The van der Waals surface area contributed by atoms with E-state index in [0.717, 1.165) is 35.3 Å². The fraction of sp³-hybridized carbons (Fsp3) is 0.250. The Labute approximate surface area is 169 Å². The molecule has 5 heteroatoms. The standard InChI is InChI=1S/C24H23FN2O2/c1-17(27-23(28)24(12-13-24)20-6-8-21(25)9-7-20)19-4-10-22(11-5-19)29-16-18-3-2-14-26-15-18/h2-11,14-15,17H,12-13,16H2,1H3,(H,27,28). The third-order valence-corrected chi connectivity index (χ3v) is 5.44. The van der Waals surface area contributed by atoms with E-state index in [1.54, 1.807) is 24.5 Å². The number of nitrogens with one attached hydrogen (secondary N) is 1. The summed E-state index contributed by atoms with van der Waals surface area (Å²) in [6.45, 7) is 2.42. The average Bonchev–Trinajstić information content (AvgIpc) is 3.56. The van der Waals surface area contributed by atoms with Crippen LogP contribution in [0.15, 0.2) is 73.1 Å². The Morgan fingerprint density at radius 3 is 2.48 bits per heavy atom. The molecule has 148 valence electrons. The summed E-state index contributed by atoms with van der Waals surface area (Å²) >= 11 is 0. The van der Waals surface area contributed by atoms with Crippen molar-refractivity contribution in [2.75, 3.05) is 0 Å². The van der Waals surface area contributed by atoms with Crippen molar-refractivity contribution in [2.45, 2.75) is 37.8 Å². The molecule has 0 aliphatic heterocycles. The number of nitrogens with zero attached hydrogens (tertiary/aromatic N) is 1. The summed E-state index contributed by atoms with van der Waals surface area (Å²) in [5.74, 6) is 0.471. The number of amides is 1. The molecule has 1 aliphatic carbocycles. The van der Waals surface area contributed by atoms with Gasteiger partial charge in [0.15, 0.2) is 0 Å². The maximum Gasteiger partial charge on any atom is 0.231 e. The van der Waals surface area contributed by atoms with E-state index in [9.17, 15) is 9.18 Å². The number of hydrogen-bond donors (Lipinski definition) is 1. The lowest BCUT2D eigenvalue weighted by Crippen LogP contribution is -2.36. The van der Waals surface area contributed by atoms with Gasteiger partial charge in [-0.1, -0.05) is 30.3 Å². The van der Waals surface area contributed by atoms with Gasteiger partial charge in [-0.05, 0) is 61.2 Å². The molecular weight excluding hydrogens is 367 g/mol. The number of ether oxygens (including phenoxy) is 1. The molecule has 29 heavy (non-hydrogen) atoms. The molecular formula is C24H23FN2O2. The lowest BCUT2D eigenvalue weighted by atomic mass is 9.94. The second-order valence-corrected chi connectivity index (χ2v) is 7.50. The molecule has 0 radical (unpaired) electrons. The Kier molecular flexibility index (Phi) is 5.30. The topological polar surface area (TPSA) is 51.2 Å². The monoisotopic (exact) mass is 390 g/mol. The van der Waals surface area contributed by atoms with Crippen molar-refractivity contribution in [2.24, 2.45) is 0 Å². The van der Waals surface area contributed by atoms with Crippen molar-refractivity contribution in [1.29, 1.82) is 0 Å². The van der Waals surface area contributed by atoms with E-state index in [2.05, 4.69) is 10.3 Å². The largest absolute Gasteiger partial charge is 0.489 e. The van der Waals surface area contributed by atoms with Gasteiger partial charge in [-0.15, -0.1) is 0 Å². The second kappa shape index (κ2) is 8.03. The highest BCUT2D eigenvalue weighted by atomic mass is 19.1. The normalized spacial score (nSPS) is 15.4. The Morgan fingerprint density at radius 1 is 1.14 bits per heavy atom. The van der Waals surface area contributed by atoms with E-state index >= 15 is 0 Å². The van der Waals surface area contributed by atoms with Gasteiger partial charge < -0.3 is 10.1 Å². The van der Waals surface area contributed by atoms with Crippen molar-refractivity contribution in [3.05, 3.63) is 95.6 Å². The van der Waals surface area contributed by atoms with Crippen LogP contribution >= 0.6 is 0 Å². The minimum atomic E-state index is -0.519. The number of halogens is 1. The number of carbonyl (C=O) groups excluding carboxylic acids is 1. The first-order valence-electron chi connectivity index (χ1n) is 9.75. The Bertz CT molecular complexity index is 968. The van der Waals surface area contributed by atoms with E-state index in [1.807, 2.05) is 43.3 Å². The van der Waals surface area contributed by atoms with Crippen molar-refractivity contribution < 1.29 is 13.9 Å². The van der Waals surface area contributed by atoms with E-state index in [4.69, 9.17) is 4.74 Å². The molecule has 1 aliphatic rings. The highest BCUT2D eigenvalue weighted by molar-refractivity contribution is 5.91. The summed E-state index contributed by atoms with van der Waals surface area (Å²) in [6, 6.07) is 17.7. The quantitative estimate of drug-likeness (QED) is 0.636. The molecule has 1 aromatic heterocycles. The zero-order valence-corrected chi connectivity index (χ0v) is 16.3. The van der Waals surface area contributed by atoms with Crippen LogP contribution in [0.2, 0.25) is 0 Å². The first-order valence-corrected chi connectivity index (χ1v) is 9.75. The fourth-order valence-corrected chi connectivity index (χ4v) is 3.46. The van der Waals surface area contributed by atoms with Gasteiger partial charge in [0.25, 0.3) is 0 Å². The number of rotatable bonds is 7. The molecule has 1 atom stereocenters. The molecule has 0 bridgehead atoms. The Morgan fingerprint density at radius 2 is 1.86 bits per heavy atom. The molecule has 1 unspecified atom stereocenters. The zero-order valence-electron chi connectivity index (χ0n) is 16.3. The van der Waals surface area contributed by atoms with E-state index in [1.165, 1.54) is 12.1 Å². The Hall–Kier alpha value is -3.21. The molecule has 2 aromatic carbocycles. The molecule has 1 fully saturated rings. The number of hydrogen-bond acceptors (Lipinski definition) is 3. The lowest BCUT2D eigenvalue weighted by Gasteiger charge is -2.20. The van der Waals surface area contributed by atoms with Crippen LogP contribution < -0.4 is 10.1 Å². The van der Waals surface area contributed by atoms with Crippen molar-refractivity contribution in [3.63, 3.8) is 0 Å². The summed E-state index contributed by atoms with van der Waals surface area (Å²) in [5, 5.41) is 3.11. The van der Waals surface area contributed by atoms with Crippen molar-refractivity contribution >= 4 is 5.91 Å². The van der Waals surface area contributed by atoms with Gasteiger partial charge in [-0.25, -0.2) is 4.39 Å². The third kappa shape index (κ3) is 4.29. The maximum absolute atomic E-state index is 13.2. The van der Waals surface area contributed by atoms with Crippen LogP contribution in [0.5, 0.6) is 5.75 Å². The predicted octanol–water partition coefficient (Wildman–Crippen LogP) is 4.71. The van der Waals surface area contributed by atoms with Crippen LogP contribution in [0, 0.1) is 5.82 Å². The third-order valence-electron chi connectivity index (χ3n) is 5.44. The molecule has 0 saturated heterocycles. The first-order chi connectivity index (χ1) is 14.1. The second-order valence-electron chi connectivity index (χ2n) is 7.50. The molecule has 0 spiro atoms. The smallest absolute Gasteiger partial charge is 0.231 e. The molecule has 1 saturated carbocycles. The lowest BCUT2D eigenvalue weighted by molar-refractivity contribution is -0.124. The molecule has 4 nitrogen and oxygen atoms in total. The van der Waals surface area contributed by atoms with E-state index in [0.29, 0.717) is 6.61 Å². The van der Waals surface area contributed by atoms with E-state index in [-0.39, 0.29) is 17.8 Å². The van der Waals surface area contributed by atoms with Crippen LogP contribution in [0.3, 0.4) is 0 Å². The summed E-state index contributed by atoms with van der Waals surface area (Å²) in [7, 11) is 0. The summed E-state index contributed by atoms with van der Waals surface area (Å²) in [6.07, 6.45) is 5.09. The van der Waals surface area contributed by atoms with Gasteiger partial charge in [0.05, 0.1) is 11.5 Å². The van der Waals surface area contributed by atoms with Crippen LogP contribution in [0.25, 0.3) is 0 Å². The van der Waals surface area contributed by atoms with Gasteiger partial charge in [-0.2, -0.15) is 0 Å². The number of benzene rings is 2. The van der Waals surface area contributed by atoms with Crippen molar-refractivity contribution in [1.82, 2.24) is 10.3 Å². The average molecular weight is 390 g/mol. The minimum Gasteiger partial charge on any atom is -0.489 e. The predicted molar refractivity (Wildman–Crippen MR) is 109 cm³/mol. The number of pyridine rings is 1. The molecule has 4 rings (SSSR count). The number of aromatic nitrogens is 1. The molecule has 1 amide bonds. The van der Waals surface area contributed by atoms with Crippen molar-refractivity contribution in [3.8, 4) is 5.75 Å². The fourth-order valence-electron chi connectivity index (χ4n) is 3.46. The molecule has 3 aromatic rings. The SMILES string of the molecule is CC(NC(=O)C1(c2ccc(F)cc2)CC1)c1ccc(OCc2cccnc2)cc1. The first kappa shape index (κ1) is 19.1. The zero-order chi connectivity index (χ0) is 20.3. The highest BCUT2D eigenvalue weighted by Crippen LogP contribution is 2.48. The van der Waals surface area contributed by atoms with Crippen LogP contribution in [0.1, 0.15) is 42.5 Å².